The molecule has 3 nitrogen and oxygen atoms in total. The first-order valence-electron chi connectivity index (χ1n) is 2.85. The Morgan fingerprint density at radius 2 is 1.90 bits per heavy atom. The monoisotopic (exact) mass is 208 g/mol. The first-order chi connectivity index (χ1) is 4.21. The van der Waals surface area contributed by atoms with E-state index in [4.69, 9.17) is 32.3 Å². The zero-order chi connectivity index (χ0) is 8.44. The summed E-state index contributed by atoms with van der Waals surface area (Å²) < 4.78 is 4.55. The fourth-order valence-electron chi connectivity index (χ4n) is 0.372. The summed E-state index contributed by atoms with van der Waals surface area (Å²) in [6, 6.07) is 0. The van der Waals surface area contributed by atoms with Crippen LogP contribution in [0, 0.1) is 0 Å². The van der Waals surface area contributed by atoms with Crippen molar-refractivity contribution in [1.82, 2.24) is 0 Å². The van der Waals surface area contributed by atoms with Gasteiger partial charge in [-0.25, -0.2) is 0 Å². The molecule has 0 aliphatic carbocycles. The van der Waals surface area contributed by atoms with Crippen LogP contribution in [-0.4, -0.2) is 15.9 Å². The molecule has 0 aromatic carbocycles. The van der Waals surface area contributed by atoms with Crippen LogP contribution in [-0.2, 0) is 4.52 Å². The second-order valence-electron chi connectivity index (χ2n) is 2.08. The summed E-state index contributed by atoms with van der Waals surface area (Å²) in [6.45, 7) is 3.47. The van der Waals surface area contributed by atoms with Crippen molar-refractivity contribution in [3.63, 3.8) is 0 Å². The van der Waals surface area contributed by atoms with Gasteiger partial charge in [0.05, 0.1) is 0 Å². The fraction of sp³-hybridized carbons (Fsp3) is 1.00. The summed E-state index contributed by atoms with van der Waals surface area (Å²) >= 11 is 10.1. The van der Waals surface area contributed by atoms with E-state index in [0.29, 0.717) is 6.42 Å². The fourth-order valence-corrected chi connectivity index (χ4v) is 1.93. The topological polar surface area (TPSA) is 49.7 Å². The maximum absolute atomic E-state index is 8.78. The summed E-state index contributed by atoms with van der Waals surface area (Å²) in [4.78, 5) is 17.6. The van der Waals surface area contributed by atoms with Crippen molar-refractivity contribution in [2.75, 3.05) is 0 Å². The van der Waals surface area contributed by atoms with Crippen molar-refractivity contribution in [3.05, 3.63) is 0 Å². The van der Waals surface area contributed by atoms with Gasteiger partial charge >= 0.3 is 69.2 Å². The van der Waals surface area contributed by atoms with E-state index in [-0.39, 0.29) is 6.10 Å². The van der Waals surface area contributed by atoms with E-state index in [1.807, 2.05) is 6.92 Å². The molecule has 10 heavy (non-hydrogen) atoms. The van der Waals surface area contributed by atoms with E-state index in [1.54, 1.807) is 6.92 Å². The Hall–Kier alpha value is 0.890. The first kappa shape index (κ1) is 10.9. The third kappa shape index (κ3) is 7.00. The van der Waals surface area contributed by atoms with Gasteiger partial charge in [-0.2, -0.15) is 0 Å². The molecule has 1 atom stereocenters. The summed E-state index contributed by atoms with van der Waals surface area (Å²) in [7, 11) is 0. The SMILES string of the molecule is CCC(C)OP(O)(O)(Cl)Cl. The molecule has 0 aromatic rings. The average Bonchev–Trinajstić information content (AvgIpc) is 1.59. The van der Waals surface area contributed by atoms with Crippen molar-refractivity contribution in [3.8, 4) is 0 Å². The molecular weight excluding hydrogens is 198 g/mol. The van der Waals surface area contributed by atoms with Crippen LogP contribution < -0.4 is 0 Å². The van der Waals surface area contributed by atoms with Gasteiger partial charge in [0.25, 0.3) is 0 Å². The molecule has 0 saturated heterocycles. The van der Waals surface area contributed by atoms with Crippen LogP contribution in [0.4, 0.5) is 0 Å². The van der Waals surface area contributed by atoms with Crippen LogP contribution in [0.2, 0.25) is 0 Å². The van der Waals surface area contributed by atoms with E-state index in [2.05, 4.69) is 4.52 Å². The van der Waals surface area contributed by atoms with Crippen molar-refractivity contribution < 1.29 is 14.3 Å². The summed E-state index contributed by atoms with van der Waals surface area (Å²) in [6.07, 6.45) is 0.279. The molecule has 0 aliphatic rings. The molecule has 0 fully saturated rings. The standard InChI is InChI=1S/C4H11Cl2O3P/c1-3-4(2)9-10(5,6,7)8/h4,7-8H,3H2,1-2H3. The van der Waals surface area contributed by atoms with Gasteiger partial charge in [-0.3, -0.25) is 0 Å². The van der Waals surface area contributed by atoms with Gasteiger partial charge in [-0.15, -0.1) is 0 Å². The zero-order valence-electron chi connectivity index (χ0n) is 5.79. The first-order valence-corrected chi connectivity index (χ1v) is 6.72. The number of rotatable bonds is 3. The number of hydrogen-bond donors (Lipinski definition) is 2. The molecule has 64 valence electrons. The molecule has 0 aromatic heterocycles. The van der Waals surface area contributed by atoms with E-state index >= 15 is 0 Å². The minimum absolute atomic E-state index is 0.345. The molecule has 0 rings (SSSR count). The normalized spacial score (nSPS) is 19.6. The van der Waals surface area contributed by atoms with Crippen LogP contribution in [0.5, 0.6) is 0 Å². The van der Waals surface area contributed by atoms with Crippen molar-refractivity contribution in [2.45, 2.75) is 26.4 Å². The van der Waals surface area contributed by atoms with Gasteiger partial charge in [0.15, 0.2) is 0 Å². The summed E-state index contributed by atoms with van der Waals surface area (Å²) in [5.74, 6) is -4.75. The van der Waals surface area contributed by atoms with Crippen molar-refractivity contribution in [1.29, 1.82) is 0 Å². The van der Waals surface area contributed by atoms with E-state index < -0.39 is 5.99 Å². The van der Waals surface area contributed by atoms with Crippen molar-refractivity contribution in [2.24, 2.45) is 0 Å². The van der Waals surface area contributed by atoms with E-state index in [9.17, 15) is 0 Å². The predicted octanol–water partition coefficient (Wildman–Crippen LogP) is 2.39. The number of hydrogen-bond acceptors (Lipinski definition) is 3. The Kier molecular flexibility index (Phi) is 3.37. The second-order valence-corrected chi connectivity index (χ2v) is 7.98. The van der Waals surface area contributed by atoms with Crippen LogP contribution in [0.3, 0.4) is 0 Å². The molecule has 0 bridgehead atoms. The minimum atomic E-state index is -4.75. The third-order valence-electron chi connectivity index (χ3n) is 0.929. The molecule has 0 spiro atoms. The van der Waals surface area contributed by atoms with Gasteiger partial charge in [-0.05, 0) is 0 Å². The van der Waals surface area contributed by atoms with E-state index in [1.165, 1.54) is 0 Å². The second kappa shape index (κ2) is 3.10. The van der Waals surface area contributed by atoms with Gasteiger partial charge in [0.2, 0.25) is 0 Å². The van der Waals surface area contributed by atoms with Gasteiger partial charge in [0, 0.05) is 0 Å². The summed E-state index contributed by atoms with van der Waals surface area (Å²) in [5.41, 5.74) is 0. The molecule has 6 heteroatoms. The van der Waals surface area contributed by atoms with Crippen LogP contribution >= 0.6 is 28.5 Å². The van der Waals surface area contributed by atoms with Crippen molar-refractivity contribution >= 4 is 28.5 Å². The molecule has 1 unspecified atom stereocenters. The third-order valence-corrected chi connectivity index (χ3v) is 2.11. The Labute approximate surface area is 69.7 Å². The molecular formula is C4H11Cl2O3P. The van der Waals surface area contributed by atoms with Crippen LogP contribution in [0.1, 0.15) is 20.3 Å². The average molecular weight is 209 g/mol. The summed E-state index contributed by atoms with van der Waals surface area (Å²) in [5, 5.41) is 0. The zero-order valence-corrected chi connectivity index (χ0v) is 8.20. The molecule has 2 N–H and O–H groups in total. The van der Waals surface area contributed by atoms with E-state index in [0.717, 1.165) is 0 Å². The van der Waals surface area contributed by atoms with Gasteiger partial charge in [0.1, 0.15) is 0 Å². The predicted molar refractivity (Wildman–Crippen MR) is 43.9 cm³/mol. The molecule has 0 radical (unpaired) electrons. The van der Waals surface area contributed by atoms with Crippen LogP contribution in [0.15, 0.2) is 0 Å². The molecule has 0 aliphatic heterocycles. The van der Waals surface area contributed by atoms with Crippen LogP contribution in [0.25, 0.3) is 0 Å². The quantitative estimate of drug-likeness (QED) is 0.701. The Bertz CT molecular complexity index is 112. The number of halogens is 2. The maximum atomic E-state index is 8.78. The Balaban J connectivity index is 3.90. The van der Waals surface area contributed by atoms with Gasteiger partial charge < -0.3 is 0 Å². The molecule has 0 saturated carbocycles. The van der Waals surface area contributed by atoms with Gasteiger partial charge in [-0.1, -0.05) is 0 Å². The molecule has 0 heterocycles. The Morgan fingerprint density at radius 1 is 1.50 bits per heavy atom. The molecule has 0 amide bonds. The Morgan fingerprint density at radius 3 is 2.00 bits per heavy atom.